The van der Waals surface area contributed by atoms with Crippen molar-refractivity contribution in [1.29, 1.82) is 0 Å². The summed E-state index contributed by atoms with van der Waals surface area (Å²) in [6.45, 7) is 4.05. The lowest BCUT2D eigenvalue weighted by Gasteiger charge is -2.16. The van der Waals surface area contributed by atoms with Crippen LogP contribution in [0, 0.1) is 6.92 Å². The predicted molar refractivity (Wildman–Crippen MR) is 82.4 cm³/mol. The van der Waals surface area contributed by atoms with Gasteiger partial charge in [0.25, 0.3) is 0 Å². The molecule has 0 radical (unpaired) electrons. The second-order valence-electron chi connectivity index (χ2n) is 4.89. The Morgan fingerprint density at radius 2 is 1.95 bits per heavy atom. The molecule has 1 unspecified atom stereocenters. The number of hydrogen-bond donors (Lipinski definition) is 1. The number of benzene rings is 1. The topological polar surface area (TPSA) is 55.6 Å². The second kappa shape index (κ2) is 5.75. The largest absolute Gasteiger partial charge is 0.377 e. The molecule has 2 aromatic heterocycles. The molecule has 5 heteroatoms. The molecule has 0 aliphatic heterocycles. The summed E-state index contributed by atoms with van der Waals surface area (Å²) in [6.07, 6.45) is 7.13. The summed E-state index contributed by atoms with van der Waals surface area (Å²) in [5, 5.41) is 7.70. The van der Waals surface area contributed by atoms with Gasteiger partial charge in [0.15, 0.2) is 0 Å². The van der Waals surface area contributed by atoms with Gasteiger partial charge in [0, 0.05) is 30.5 Å². The fraction of sp³-hybridized carbons (Fsp3) is 0.188. The third-order valence-electron chi connectivity index (χ3n) is 3.33. The molecular formula is C16H17N5. The van der Waals surface area contributed by atoms with Gasteiger partial charge in [-0.25, -0.2) is 4.68 Å². The molecule has 3 rings (SSSR count). The zero-order valence-electron chi connectivity index (χ0n) is 12.1. The summed E-state index contributed by atoms with van der Waals surface area (Å²) in [5.41, 5.74) is 3.95. The molecular weight excluding hydrogens is 262 g/mol. The summed E-state index contributed by atoms with van der Waals surface area (Å²) in [6, 6.07) is 10.1. The van der Waals surface area contributed by atoms with Crippen LogP contribution in [0.1, 0.15) is 24.4 Å². The third-order valence-corrected chi connectivity index (χ3v) is 3.33. The maximum absolute atomic E-state index is 4.40. The first kappa shape index (κ1) is 13.3. The summed E-state index contributed by atoms with van der Waals surface area (Å²) >= 11 is 0. The Balaban J connectivity index is 1.82. The van der Waals surface area contributed by atoms with Crippen LogP contribution in [0.2, 0.25) is 0 Å². The minimum atomic E-state index is 0.0894. The van der Waals surface area contributed by atoms with Gasteiger partial charge in [0.2, 0.25) is 0 Å². The zero-order valence-corrected chi connectivity index (χ0v) is 12.1. The summed E-state index contributed by atoms with van der Waals surface area (Å²) in [4.78, 5) is 8.69. The number of nitrogens with zero attached hydrogens (tertiary/aromatic N) is 4. The molecule has 0 aliphatic rings. The Bertz CT molecular complexity index is 721. The van der Waals surface area contributed by atoms with Gasteiger partial charge < -0.3 is 5.32 Å². The van der Waals surface area contributed by atoms with E-state index in [1.165, 1.54) is 0 Å². The van der Waals surface area contributed by atoms with Gasteiger partial charge in [0.05, 0.1) is 23.1 Å². The van der Waals surface area contributed by atoms with E-state index in [-0.39, 0.29) is 6.04 Å². The number of rotatable bonds is 4. The van der Waals surface area contributed by atoms with Crippen LogP contribution in [0.5, 0.6) is 0 Å². The van der Waals surface area contributed by atoms with Crippen LogP contribution in [-0.2, 0) is 0 Å². The Kier molecular flexibility index (Phi) is 3.64. The van der Waals surface area contributed by atoms with E-state index in [2.05, 4.69) is 33.4 Å². The number of hydrogen-bond acceptors (Lipinski definition) is 4. The first-order chi connectivity index (χ1) is 10.2. The average molecular weight is 279 g/mol. The van der Waals surface area contributed by atoms with E-state index in [1.807, 2.05) is 42.1 Å². The van der Waals surface area contributed by atoms with Crippen molar-refractivity contribution in [3.8, 4) is 5.69 Å². The first-order valence-corrected chi connectivity index (χ1v) is 6.88. The molecule has 21 heavy (non-hydrogen) atoms. The summed E-state index contributed by atoms with van der Waals surface area (Å²) in [5.74, 6) is 0. The van der Waals surface area contributed by atoms with Crippen LogP contribution < -0.4 is 5.32 Å². The molecule has 1 atom stereocenters. The molecule has 0 bridgehead atoms. The first-order valence-electron chi connectivity index (χ1n) is 6.88. The van der Waals surface area contributed by atoms with Crippen molar-refractivity contribution < 1.29 is 0 Å². The predicted octanol–water partition coefficient (Wildman–Crippen LogP) is 3.14. The normalized spacial score (nSPS) is 12.1. The molecule has 3 aromatic rings. The number of anilines is 1. The van der Waals surface area contributed by atoms with Crippen molar-refractivity contribution in [3.05, 3.63) is 66.5 Å². The molecule has 0 spiro atoms. The van der Waals surface area contributed by atoms with Crippen LogP contribution in [0.4, 0.5) is 5.69 Å². The van der Waals surface area contributed by atoms with Crippen molar-refractivity contribution in [2.24, 2.45) is 0 Å². The van der Waals surface area contributed by atoms with Gasteiger partial charge in [-0.1, -0.05) is 6.07 Å². The average Bonchev–Trinajstić information content (AvgIpc) is 3.02. The maximum atomic E-state index is 4.40. The van der Waals surface area contributed by atoms with Crippen LogP contribution in [0.3, 0.4) is 0 Å². The number of aromatic nitrogens is 4. The van der Waals surface area contributed by atoms with Crippen LogP contribution in [-0.4, -0.2) is 19.7 Å². The number of aryl methyl sites for hydroxylation is 1. The molecule has 5 nitrogen and oxygen atoms in total. The third kappa shape index (κ3) is 2.91. The van der Waals surface area contributed by atoms with Gasteiger partial charge >= 0.3 is 0 Å². The van der Waals surface area contributed by atoms with Crippen molar-refractivity contribution >= 4 is 5.69 Å². The molecule has 0 fully saturated rings. The van der Waals surface area contributed by atoms with Gasteiger partial charge in [-0.3, -0.25) is 9.97 Å². The van der Waals surface area contributed by atoms with Crippen molar-refractivity contribution in [1.82, 2.24) is 19.7 Å². The molecule has 0 saturated heterocycles. The smallest absolute Gasteiger partial charge is 0.0835 e. The maximum Gasteiger partial charge on any atom is 0.0835 e. The zero-order chi connectivity index (χ0) is 14.7. The van der Waals surface area contributed by atoms with E-state index in [0.717, 1.165) is 22.8 Å². The summed E-state index contributed by atoms with van der Waals surface area (Å²) in [7, 11) is 0. The lowest BCUT2D eigenvalue weighted by atomic mass is 10.1. The summed E-state index contributed by atoms with van der Waals surface area (Å²) < 4.78 is 1.84. The van der Waals surface area contributed by atoms with Gasteiger partial charge in [-0.15, -0.1) is 0 Å². The van der Waals surface area contributed by atoms with E-state index < -0.39 is 0 Å². The van der Waals surface area contributed by atoms with Crippen LogP contribution in [0.15, 0.2) is 55.1 Å². The van der Waals surface area contributed by atoms with Crippen molar-refractivity contribution in [2.45, 2.75) is 19.9 Å². The highest BCUT2D eigenvalue weighted by Crippen LogP contribution is 2.21. The van der Waals surface area contributed by atoms with E-state index in [1.54, 1.807) is 18.6 Å². The Morgan fingerprint density at radius 3 is 2.71 bits per heavy atom. The Labute approximate surface area is 123 Å². The Hall–Kier alpha value is -2.69. The molecule has 1 N–H and O–H groups in total. The van der Waals surface area contributed by atoms with E-state index in [4.69, 9.17) is 0 Å². The molecule has 1 aromatic carbocycles. The highest BCUT2D eigenvalue weighted by atomic mass is 15.3. The monoisotopic (exact) mass is 279 g/mol. The lowest BCUT2D eigenvalue weighted by molar-refractivity contribution is 0.809. The van der Waals surface area contributed by atoms with Crippen LogP contribution >= 0.6 is 0 Å². The van der Waals surface area contributed by atoms with Gasteiger partial charge in [-0.2, -0.15) is 5.10 Å². The minimum Gasteiger partial charge on any atom is -0.377 e. The minimum absolute atomic E-state index is 0.0894. The molecule has 0 amide bonds. The van der Waals surface area contributed by atoms with Crippen molar-refractivity contribution in [3.63, 3.8) is 0 Å². The van der Waals surface area contributed by atoms with Crippen molar-refractivity contribution in [2.75, 3.05) is 5.32 Å². The molecule has 0 aliphatic carbocycles. The second-order valence-corrected chi connectivity index (χ2v) is 4.89. The van der Waals surface area contributed by atoms with E-state index in [0.29, 0.717) is 0 Å². The lowest BCUT2D eigenvalue weighted by Crippen LogP contribution is -2.11. The standard InChI is InChI=1S/C16H17N5/c1-12-16(18-9-8-17-12)13(2)20-14-5-3-6-15(11-14)21-10-4-7-19-21/h3-11,13,20H,1-2H3. The van der Waals surface area contributed by atoms with E-state index in [9.17, 15) is 0 Å². The fourth-order valence-corrected chi connectivity index (χ4v) is 2.32. The quantitative estimate of drug-likeness (QED) is 0.797. The fourth-order valence-electron chi connectivity index (χ4n) is 2.32. The van der Waals surface area contributed by atoms with Gasteiger partial charge in [0.1, 0.15) is 0 Å². The van der Waals surface area contributed by atoms with Crippen LogP contribution in [0.25, 0.3) is 5.69 Å². The number of nitrogens with one attached hydrogen (secondary N) is 1. The van der Waals surface area contributed by atoms with E-state index >= 15 is 0 Å². The molecule has 106 valence electrons. The Morgan fingerprint density at radius 1 is 1.10 bits per heavy atom. The highest BCUT2D eigenvalue weighted by molar-refractivity contribution is 5.52. The molecule has 0 saturated carbocycles. The highest BCUT2D eigenvalue weighted by Gasteiger charge is 2.10. The van der Waals surface area contributed by atoms with Gasteiger partial charge in [-0.05, 0) is 38.1 Å². The molecule has 2 heterocycles. The SMILES string of the molecule is Cc1nccnc1C(C)Nc1cccc(-n2cccn2)c1.